The van der Waals surface area contributed by atoms with E-state index in [1.807, 2.05) is 39.8 Å². The van der Waals surface area contributed by atoms with Gasteiger partial charge in [0.15, 0.2) is 0 Å². The zero-order chi connectivity index (χ0) is 15.0. The maximum atomic E-state index is 11.4. The van der Waals surface area contributed by atoms with Crippen LogP contribution in [0.1, 0.15) is 44.9 Å². The van der Waals surface area contributed by atoms with Gasteiger partial charge in [-0.2, -0.15) is 0 Å². The van der Waals surface area contributed by atoms with Crippen LogP contribution in [-0.4, -0.2) is 23.2 Å². The Morgan fingerprint density at radius 2 is 2.20 bits per heavy atom. The lowest BCUT2D eigenvalue weighted by Crippen LogP contribution is -2.32. The summed E-state index contributed by atoms with van der Waals surface area (Å²) in [4.78, 5) is 15.5. The van der Waals surface area contributed by atoms with Crippen LogP contribution >= 0.6 is 0 Å². The Balaban J connectivity index is 2.22. The highest BCUT2D eigenvalue weighted by atomic mass is 16.6. The minimum Gasteiger partial charge on any atom is -0.444 e. The third-order valence-corrected chi connectivity index (χ3v) is 2.28. The first-order valence-corrected chi connectivity index (χ1v) is 6.75. The molecule has 0 spiro atoms. The molecule has 0 aliphatic carbocycles. The van der Waals surface area contributed by atoms with E-state index in [9.17, 15) is 4.79 Å². The normalized spacial score (nSPS) is 10.4. The van der Waals surface area contributed by atoms with Crippen LogP contribution in [0, 0.1) is 18.8 Å². The van der Waals surface area contributed by atoms with Gasteiger partial charge in [0.25, 0.3) is 0 Å². The number of alkyl carbamates (subject to hydrolysis) is 1. The van der Waals surface area contributed by atoms with Crippen molar-refractivity contribution in [2.75, 3.05) is 6.54 Å². The maximum Gasteiger partial charge on any atom is 0.407 e. The van der Waals surface area contributed by atoms with Crippen molar-refractivity contribution < 1.29 is 9.53 Å². The van der Waals surface area contributed by atoms with Crippen LogP contribution in [0.25, 0.3) is 0 Å². The minimum absolute atomic E-state index is 0.384. The SMILES string of the molecule is Cc1ccnc(C#CCCCNC(=O)OC(C)(C)C)c1. The van der Waals surface area contributed by atoms with Crippen LogP contribution in [-0.2, 0) is 4.74 Å². The Morgan fingerprint density at radius 3 is 2.85 bits per heavy atom. The fourth-order valence-electron chi connectivity index (χ4n) is 1.44. The van der Waals surface area contributed by atoms with E-state index in [0.29, 0.717) is 13.0 Å². The van der Waals surface area contributed by atoms with Crippen molar-refractivity contribution >= 4 is 6.09 Å². The summed E-state index contributed by atoms with van der Waals surface area (Å²) in [5.74, 6) is 6.05. The first-order valence-electron chi connectivity index (χ1n) is 6.75. The standard InChI is InChI=1S/C16H22N2O2/c1-13-9-11-17-14(12-13)8-6-5-7-10-18-15(19)20-16(2,3)4/h9,11-12H,5,7,10H2,1-4H3,(H,18,19). The van der Waals surface area contributed by atoms with Gasteiger partial charge >= 0.3 is 6.09 Å². The molecule has 0 saturated carbocycles. The Kier molecular flexibility index (Phi) is 6.05. The summed E-state index contributed by atoms with van der Waals surface area (Å²) < 4.78 is 5.13. The lowest BCUT2D eigenvalue weighted by atomic mass is 10.2. The van der Waals surface area contributed by atoms with Gasteiger partial charge < -0.3 is 10.1 Å². The molecule has 0 radical (unpaired) electrons. The molecule has 4 nitrogen and oxygen atoms in total. The fourth-order valence-corrected chi connectivity index (χ4v) is 1.44. The molecule has 1 N–H and O–H groups in total. The first kappa shape index (κ1) is 16.0. The van der Waals surface area contributed by atoms with Crippen LogP contribution < -0.4 is 5.32 Å². The average molecular weight is 274 g/mol. The van der Waals surface area contributed by atoms with Gasteiger partial charge in [-0.25, -0.2) is 9.78 Å². The molecule has 1 heterocycles. The molecule has 0 aliphatic heterocycles. The molecule has 0 aliphatic rings. The number of unbranched alkanes of at least 4 members (excludes halogenated alkanes) is 1. The zero-order valence-corrected chi connectivity index (χ0v) is 12.6. The molecule has 0 fully saturated rings. The number of carbonyl (C=O) groups is 1. The lowest BCUT2D eigenvalue weighted by Gasteiger charge is -2.19. The third-order valence-electron chi connectivity index (χ3n) is 2.28. The number of aryl methyl sites for hydroxylation is 1. The van der Waals surface area contributed by atoms with Gasteiger partial charge in [-0.1, -0.05) is 5.92 Å². The molecule has 0 saturated heterocycles. The second-order valence-electron chi connectivity index (χ2n) is 5.55. The highest BCUT2D eigenvalue weighted by molar-refractivity contribution is 5.67. The third kappa shape index (κ3) is 7.42. The smallest absolute Gasteiger partial charge is 0.407 e. The van der Waals surface area contributed by atoms with Gasteiger partial charge in [-0.15, -0.1) is 0 Å². The van der Waals surface area contributed by atoms with E-state index in [1.165, 1.54) is 0 Å². The molecule has 1 amide bonds. The van der Waals surface area contributed by atoms with Gasteiger partial charge in [0.2, 0.25) is 0 Å². The van der Waals surface area contributed by atoms with Gasteiger partial charge in [0, 0.05) is 19.2 Å². The fraction of sp³-hybridized carbons (Fsp3) is 0.500. The van der Waals surface area contributed by atoms with E-state index >= 15 is 0 Å². The summed E-state index contributed by atoms with van der Waals surface area (Å²) in [5, 5.41) is 2.70. The first-order chi connectivity index (χ1) is 9.37. The molecule has 0 atom stereocenters. The van der Waals surface area contributed by atoms with Gasteiger partial charge in [0.1, 0.15) is 11.3 Å². The zero-order valence-electron chi connectivity index (χ0n) is 12.6. The van der Waals surface area contributed by atoms with Crippen molar-refractivity contribution in [1.82, 2.24) is 10.3 Å². The quantitative estimate of drug-likeness (QED) is 0.681. The number of carbonyl (C=O) groups excluding carboxylic acids is 1. The van der Waals surface area contributed by atoms with Crippen molar-refractivity contribution in [1.29, 1.82) is 0 Å². The highest BCUT2D eigenvalue weighted by Gasteiger charge is 2.15. The molecule has 108 valence electrons. The predicted molar refractivity (Wildman–Crippen MR) is 79.3 cm³/mol. The van der Waals surface area contributed by atoms with E-state index in [-0.39, 0.29) is 6.09 Å². The van der Waals surface area contributed by atoms with Gasteiger partial charge in [0.05, 0.1) is 0 Å². The van der Waals surface area contributed by atoms with Gasteiger partial charge in [-0.3, -0.25) is 0 Å². The molecular formula is C16H22N2O2. The van der Waals surface area contributed by atoms with E-state index in [2.05, 4.69) is 22.1 Å². The Hall–Kier alpha value is -2.02. The molecule has 4 heteroatoms. The van der Waals surface area contributed by atoms with Crippen molar-refractivity contribution in [3.05, 3.63) is 29.6 Å². The van der Waals surface area contributed by atoms with Crippen LogP contribution in [0.4, 0.5) is 4.79 Å². The Labute approximate surface area is 120 Å². The number of amides is 1. The summed E-state index contributed by atoms with van der Waals surface area (Å²) >= 11 is 0. The number of pyridine rings is 1. The summed E-state index contributed by atoms with van der Waals surface area (Å²) in [6, 6.07) is 3.89. The number of ether oxygens (including phenoxy) is 1. The maximum absolute atomic E-state index is 11.4. The molecule has 1 rings (SSSR count). The highest BCUT2D eigenvalue weighted by Crippen LogP contribution is 2.06. The van der Waals surface area contributed by atoms with Crippen molar-refractivity contribution in [3.8, 4) is 11.8 Å². The summed E-state index contributed by atoms with van der Waals surface area (Å²) in [6.45, 7) is 8.09. The largest absolute Gasteiger partial charge is 0.444 e. The number of rotatable bonds is 3. The average Bonchev–Trinajstić information content (AvgIpc) is 2.31. The summed E-state index contributed by atoms with van der Waals surface area (Å²) in [6.07, 6.45) is 2.87. The molecular weight excluding hydrogens is 252 g/mol. The van der Waals surface area contributed by atoms with E-state index < -0.39 is 5.60 Å². The molecule has 0 unspecified atom stereocenters. The van der Waals surface area contributed by atoms with E-state index in [1.54, 1.807) is 6.20 Å². The van der Waals surface area contributed by atoms with Crippen molar-refractivity contribution in [3.63, 3.8) is 0 Å². The Bertz CT molecular complexity index is 507. The van der Waals surface area contributed by atoms with Crippen LogP contribution in [0.5, 0.6) is 0 Å². The minimum atomic E-state index is -0.458. The Morgan fingerprint density at radius 1 is 1.45 bits per heavy atom. The topological polar surface area (TPSA) is 51.2 Å². The number of hydrogen-bond acceptors (Lipinski definition) is 3. The number of nitrogens with zero attached hydrogens (tertiary/aromatic N) is 1. The van der Waals surface area contributed by atoms with Crippen LogP contribution in [0.2, 0.25) is 0 Å². The van der Waals surface area contributed by atoms with E-state index in [4.69, 9.17) is 4.74 Å². The van der Waals surface area contributed by atoms with Crippen molar-refractivity contribution in [2.45, 2.75) is 46.1 Å². The second-order valence-corrected chi connectivity index (χ2v) is 5.55. The van der Waals surface area contributed by atoms with Crippen LogP contribution in [0.15, 0.2) is 18.3 Å². The van der Waals surface area contributed by atoms with E-state index in [0.717, 1.165) is 17.7 Å². The predicted octanol–water partition coefficient (Wildman–Crippen LogP) is 3.05. The molecule has 0 aromatic carbocycles. The second kappa shape index (κ2) is 7.54. The summed E-state index contributed by atoms with van der Waals surface area (Å²) in [7, 11) is 0. The molecule has 20 heavy (non-hydrogen) atoms. The van der Waals surface area contributed by atoms with Gasteiger partial charge in [-0.05, 0) is 57.7 Å². The van der Waals surface area contributed by atoms with Crippen molar-refractivity contribution in [2.24, 2.45) is 0 Å². The molecule has 1 aromatic rings. The summed E-state index contributed by atoms with van der Waals surface area (Å²) in [5.41, 5.74) is 1.47. The number of hydrogen-bond donors (Lipinski definition) is 1. The number of aromatic nitrogens is 1. The van der Waals surface area contributed by atoms with Crippen LogP contribution in [0.3, 0.4) is 0 Å². The monoisotopic (exact) mass is 274 g/mol. The lowest BCUT2D eigenvalue weighted by molar-refractivity contribution is 0.0527. The number of nitrogens with one attached hydrogen (secondary N) is 1. The molecule has 1 aromatic heterocycles. The molecule has 0 bridgehead atoms.